The summed E-state index contributed by atoms with van der Waals surface area (Å²) in [6.07, 6.45) is 0. The monoisotopic (exact) mass is 316 g/mol. The van der Waals surface area contributed by atoms with E-state index in [4.69, 9.17) is 18.0 Å². The van der Waals surface area contributed by atoms with Crippen LogP contribution in [-0.4, -0.2) is 10.0 Å². The summed E-state index contributed by atoms with van der Waals surface area (Å²) < 4.78 is 0. The quantitative estimate of drug-likeness (QED) is 0.347. The molecule has 0 spiro atoms. The number of anilines is 3. The standard InChI is InChI=1S/C15H16N4O2S/c1-9-4-3-5-10(2)14(9)18-15(22)17-11-6-7-12(16)13(8-11)19(20)21/h3-8H,16H2,1-2H3,(H2,17,18,22). The zero-order chi connectivity index (χ0) is 16.3. The van der Waals surface area contributed by atoms with Crippen LogP contribution < -0.4 is 16.4 Å². The van der Waals surface area contributed by atoms with Gasteiger partial charge in [0.2, 0.25) is 0 Å². The van der Waals surface area contributed by atoms with Crippen LogP contribution in [0.25, 0.3) is 0 Å². The van der Waals surface area contributed by atoms with Gasteiger partial charge in [-0.25, -0.2) is 0 Å². The number of nitro groups is 1. The predicted molar refractivity (Wildman–Crippen MR) is 93.3 cm³/mol. The lowest BCUT2D eigenvalue weighted by Crippen LogP contribution is -2.20. The fourth-order valence-electron chi connectivity index (χ4n) is 2.07. The maximum absolute atomic E-state index is 10.9. The Morgan fingerprint density at radius 3 is 2.41 bits per heavy atom. The summed E-state index contributed by atoms with van der Waals surface area (Å²) in [6, 6.07) is 10.4. The van der Waals surface area contributed by atoms with Gasteiger partial charge >= 0.3 is 0 Å². The molecular weight excluding hydrogens is 300 g/mol. The normalized spacial score (nSPS) is 10.1. The minimum Gasteiger partial charge on any atom is -0.393 e. The maximum Gasteiger partial charge on any atom is 0.294 e. The van der Waals surface area contributed by atoms with E-state index < -0.39 is 4.92 Å². The number of para-hydroxylation sites is 1. The number of benzene rings is 2. The lowest BCUT2D eigenvalue weighted by Gasteiger charge is -2.14. The van der Waals surface area contributed by atoms with Crippen molar-refractivity contribution in [3.63, 3.8) is 0 Å². The highest BCUT2D eigenvalue weighted by molar-refractivity contribution is 7.80. The van der Waals surface area contributed by atoms with Crippen molar-refractivity contribution in [1.82, 2.24) is 0 Å². The molecule has 7 heteroatoms. The van der Waals surface area contributed by atoms with E-state index in [2.05, 4.69) is 10.6 Å². The Kier molecular flexibility index (Phi) is 4.57. The first-order valence-electron chi connectivity index (χ1n) is 6.56. The maximum atomic E-state index is 10.9. The van der Waals surface area contributed by atoms with E-state index >= 15 is 0 Å². The minimum atomic E-state index is -0.525. The van der Waals surface area contributed by atoms with Crippen LogP contribution in [0.2, 0.25) is 0 Å². The van der Waals surface area contributed by atoms with Crippen molar-refractivity contribution in [2.75, 3.05) is 16.4 Å². The molecule has 0 heterocycles. The fraction of sp³-hybridized carbons (Fsp3) is 0.133. The smallest absolute Gasteiger partial charge is 0.294 e. The van der Waals surface area contributed by atoms with Crippen LogP contribution >= 0.6 is 12.2 Å². The second-order valence-electron chi connectivity index (χ2n) is 4.88. The lowest BCUT2D eigenvalue weighted by molar-refractivity contribution is -0.383. The molecule has 2 rings (SSSR count). The van der Waals surface area contributed by atoms with Gasteiger partial charge in [0.15, 0.2) is 5.11 Å². The number of nitro benzene ring substituents is 1. The van der Waals surface area contributed by atoms with Gasteiger partial charge in [0.1, 0.15) is 5.69 Å². The van der Waals surface area contributed by atoms with Gasteiger partial charge in [0, 0.05) is 17.4 Å². The zero-order valence-electron chi connectivity index (χ0n) is 12.2. The van der Waals surface area contributed by atoms with E-state index in [9.17, 15) is 10.1 Å². The van der Waals surface area contributed by atoms with Crippen LogP contribution in [0.1, 0.15) is 11.1 Å². The number of thiocarbonyl (C=S) groups is 1. The van der Waals surface area contributed by atoms with E-state index in [1.165, 1.54) is 12.1 Å². The molecule has 0 unspecified atom stereocenters. The van der Waals surface area contributed by atoms with E-state index in [1.54, 1.807) is 6.07 Å². The summed E-state index contributed by atoms with van der Waals surface area (Å²) in [5, 5.41) is 17.3. The molecule has 0 amide bonds. The molecule has 0 fully saturated rings. The van der Waals surface area contributed by atoms with Crippen LogP contribution in [-0.2, 0) is 0 Å². The molecule has 0 bridgehead atoms. The SMILES string of the molecule is Cc1cccc(C)c1NC(=S)Nc1ccc(N)c([N+](=O)[O-])c1. The number of nitrogens with one attached hydrogen (secondary N) is 2. The van der Waals surface area contributed by atoms with Gasteiger partial charge in [0.05, 0.1) is 4.92 Å². The summed E-state index contributed by atoms with van der Waals surface area (Å²) in [7, 11) is 0. The molecule has 4 N–H and O–H groups in total. The van der Waals surface area contributed by atoms with Gasteiger partial charge in [0.25, 0.3) is 5.69 Å². The number of hydrogen-bond acceptors (Lipinski definition) is 4. The number of aryl methyl sites for hydroxylation is 2. The van der Waals surface area contributed by atoms with E-state index in [1.807, 2.05) is 32.0 Å². The molecule has 0 saturated carbocycles. The van der Waals surface area contributed by atoms with Crippen molar-refractivity contribution >= 4 is 40.1 Å². The Bertz CT molecular complexity index is 726. The summed E-state index contributed by atoms with van der Waals surface area (Å²) in [5.41, 5.74) is 9.08. The van der Waals surface area contributed by atoms with Crippen LogP contribution in [0.15, 0.2) is 36.4 Å². The lowest BCUT2D eigenvalue weighted by atomic mass is 10.1. The molecule has 2 aromatic carbocycles. The van der Waals surface area contributed by atoms with Gasteiger partial charge in [-0.2, -0.15) is 0 Å². The van der Waals surface area contributed by atoms with E-state index in [0.29, 0.717) is 10.8 Å². The molecule has 114 valence electrons. The fourth-order valence-corrected chi connectivity index (χ4v) is 2.29. The molecule has 0 atom stereocenters. The molecule has 2 aromatic rings. The number of nitrogen functional groups attached to an aromatic ring is 1. The predicted octanol–water partition coefficient (Wildman–Crippen LogP) is 3.60. The van der Waals surface area contributed by atoms with Crippen LogP contribution in [0.3, 0.4) is 0 Å². The average molecular weight is 316 g/mol. The zero-order valence-corrected chi connectivity index (χ0v) is 13.0. The van der Waals surface area contributed by atoms with Crippen molar-refractivity contribution in [1.29, 1.82) is 0 Å². The third-order valence-electron chi connectivity index (χ3n) is 3.20. The number of hydrogen-bond donors (Lipinski definition) is 3. The third-order valence-corrected chi connectivity index (χ3v) is 3.41. The summed E-state index contributed by atoms with van der Waals surface area (Å²) in [4.78, 5) is 10.4. The van der Waals surface area contributed by atoms with Crippen molar-refractivity contribution in [2.45, 2.75) is 13.8 Å². The van der Waals surface area contributed by atoms with Crippen LogP contribution in [0, 0.1) is 24.0 Å². The van der Waals surface area contributed by atoms with Gasteiger partial charge in [-0.3, -0.25) is 10.1 Å². The Hall–Kier alpha value is -2.67. The van der Waals surface area contributed by atoms with Gasteiger partial charge < -0.3 is 16.4 Å². The second kappa shape index (κ2) is 6.40. The highest BCUT2D eigenvalue weighted by Crippen LogP contribution is 2.25. The molecular formula is C15H16N4O2S. The first-order chi connectivity index (χ1) is 10.4. The largest absolute Gasteiger partial charge is 0.393 e. The Balaban J connectivity index is 2.16. The summed E-state index contributed by atoms with van der Waals surface area (Å²) in [5.74, 6) is 0. The molecule has 0 radical (unpaired) electrons. The summed E-state index contributed by atoms with van der Waals surface area (Å²) >= 11 is 5.26. The molecule has 0 aliphatic carbocycles. The van der Waals surface area contributed by atoms with Crippen LogP contribution in [0.5, 0.6) is 0 Å². The molecule has 6 nitrogen and oxygen atoms in total. The Morgan fingerprint density at radius 1 is 1.18 bits per heavy atom. The highest BCUT2D eigenvalue weighted by Gasteiger charge is 2.12. The first kappa shape index (κ1) is 15.7. The van der Waals surface area contributed by atoms with Gasteiger partial charge in [-0.15, -0.1) is 0 Å². The Morgan fingerprint density at radius 2 is 1.82 bits per heavy atom. The van der Waals surface area contributed by atoms with Gasteiger partial charge in [-0.05, 0) is 49.3 Å². The van der Waals surface area contributed by atoms with Crippen molar-refractivity contribution in [3.8, 4) is 0 Å². The molecule has 0 aliphatic heterocycles. The van der Waals surface area contributed by atoms with Gasteiger partial charge in [-0.1, -0.05) is 18.2 Å². The third kappa shape index (κ3) is 3.50. The van der Waals surface area contributed by atoms with E-state index in [-0.39, 0.29) is 11.4 Å². The molecule has 22 heavy (non-hydrogen) atoms. The molecule has 0 aliphatic rings. The summed E-state index contributed by atoms with van der Waals surface area (Å²) in [6.45, 7) is 3.96. The minimum absolute atomic E-state index is 0.115. The van der Waals surface area contributed by atoms with Crippen molar-refractivity contribution in [2.24, 2.45) is 0 Å². The Labute approximate surface area is 133 Å². The molecule has 0 aromatic heterocycles. The highest BCUT2D eigenvalue weighted by atomic mass is 32.1. The number of nitrogens with two attached hydrogens (primary N) is 1. The van der Waals surface area contributed by atoms with Crippen LogP contribution in [0.4, 0.5) is 22.7 Å². The van der Waals surface area contributed by atoms with E-state index in [0.717, 1.165) is 16.8 Å². The average Bonchev–Trinajstić information content (AvgIpc) is 2.45. The number of rotatable bonds is 3. The first-order valence-corrected chi connectivity index (χ1v) is 6.97. The topological polar surface area (TPSA) is 93.2 Å². The molecule has 0 saturated heterocycles. The van der Waals surface area contributed by atoms with Crippen molar-refractivity contribution in [3.05, 3.63) is 57.6 Å². The number of nitrogens with zero attached hydrogens (tertiary/aromatic N) is 1. The second-order valence-corrected chi connectivity index (χ2v) is 5.28. The van der Waals surface area contributed by atoms with Crippen molar-refractivity contribution < 1.29 is 4.92 Å².